The average molecular weight is 1080 g/mol. The monoisotopic (exact) mass is 1080 g/mol. The quantitative estimate of drug-likeness (QED) is 0.0687. The Kier molecular flexibility index (Phi) is 23.8. The number of anilines is 1. The zero-order valence-electron chi connectivity index (χ0n) is 38.1. The van der Waals surface area contributed by atoms with Crippen LogP contribution in [0.25, 0.3) is 0 Å². The molecule has 1 unspecified atom stereocenters. The highest BCUT2D eigenvalue weighted by Crippen LogP contribution is 2.47. The summed E-state index contributed by atoms with van der Waals surface area (Å²) in [6, 6.07) is 21.5. The first kappa shape index (κ1) is 57.8. The Morgan fingerprint density at radius 3 is 2.46 bits per heavy atom. The summed E-state index contributed by atoms with van der Waals surface area (Å²) in [5, 5.41) is 18.5. The first-order valence-corrected chi connectivity index (χ1v) is 26.8. The number of nitrogens with one attached hydrogen (secondary N) is 1. The third-order valence-electron chi connectivity index (χ3n) is 13.4. The average Bonchev–Trinajstić information content (AvgIpc) is 3.44. The standard InChI is InChI=1S/C29H32ClNO5.C13H19NO2S.C7H14N2O.CH3I.2CH4/c1-3-26(36-18(2)32)23-9-6-21(23)15-31-16-29(12-4-5-19-13-22(30)8-10-24(19)29)17-35-27-11-7-20(28(33)34)14-25(27)31;1-3-7-11(2)13(17(14,15)16)10-12-8-5-4-6-9-12;1-2-9-3-4-10-6-7(9)5-8-1;1-2;;/h3,7-8,10-11,13-14,21,23,26H,1,4-6,9,12,15-17H2,2H3,(H,33,34);3-6,8-9,11,13H,1,7,10H2,2H3,(H2,14,15,16);7-8H,1-6H2;1H3;2*1H4/t21-,23+,26-,29-;11-,13?;7-;;;/m000.../s1. The van der Waals surface area contributed by atoms with Gasteiger partial charge in [0.2, 0.25) is 10.0 Å². The van der Waals surface area contributed by atoms with E-state index >= 15 is 0 Å². The van der Waals surface area contributed by atoms with E-state index in [1.54, 1.807) is 30.4 Å². The number of hydrogen-bond donors (Lipinski definition) is 3. The molecule has 2 saturated heterocycles. The van der Waals surface area contributed by atoms with Gasteiger partial charge in [-0.05, 0) is 109 Å². The number of allylic oxidation sites excluding steroid dienone is 1. The van der Waals surface area contributed by atoms with Crippen molar-refractivity contribution in [3.8, 4) is 5.75 Å². The van der Waals surface area contributed by atoms with Crippen LogP contribution in [0.4, 0.5) is 5.69 Å². The summed E-state index contributed by atoms with van der Waals surface area (Å²) in [7, 11) is -3.53. The zero-order chi connectivity index (χ0) is 47.1. The number of fused-ring (bicyclic) bond motifs is 4. The molecule has 7 atom stereocenters. The van der Waals surface area contributed by atoms with Gasteiger partial charge in [0, 0.05) is 68.6 Å². The van der Waals surface area contributed by atoms with Crippen molar-refractivity contribution in [1.29, 1.82) is 0 Å². The van der Waals surface area contributed by atoms with E-state index in [0.717, 1.165) is 87.8 Å². The summed E-state index contributed by atoms with van der Waals surface area (Å²) in [6.45, 7) is 19.3. The number of aryl methyl sites for hydroxylation is 1. The SMILES string of the molecule is C.C.C1CN2CCOC[C@@H]2CN1.C=CC[C@H](C)C(Cc1ccccc1)S(N)(=O)=O.C=C[C@H](OC(C)=O)[C@@H]1CC[C@H]1CN1C[C@@]2(CCCc3cc(Cl)ccc32)COc2ccc(C(=O)O)cc21.CI. The van der Waals surface area contributed by atoms with Crippen LogP contribution in [-0.2, 0) is 42.5 Å². The number of nitrogens with zero attached hydrogens (tertiary/aromatic N) is 2. The number of carbonyl (C=O) groups is 2. The van der Waals surface area contributed by atoms with Gasteiger partial charge in [0.05, 0.1) is 36.3 Å². The summed E-state index contributed by atoms with van der Waals surface area (Å²) >= 11 is 8.48. The van der Waals surface area contributed by atoms with Gasteiger partial charge in [0.15, 0.2) is 0 Å². The molecule has 3 aromatic rings. The predicted octanol–water partition coefficient (Wildman–Crippen LogP) is 9.37. The summed E-state index contributed by atoms with van der Waals surface area (Å²) in [5.74, 6) is -0.108. The van der Waals surface area contributed by atoms with Crippen LogP contribution in [0.2, 0.25) is 5.02 Å². The number of morpholine rings is 1. The molecule has 5 aliphatic rings. The van der Waals surface area contributed by atoms with Gasteiger partial charge in [0.25, 0.3) is 0 Å². The van der Waals surface area contributed by atoms with Crippen molar-refractivity contribution < 1.29 is 37.3 Å². The van der Waals surface area contributed by atoms with Crippen LogP contribution < -0.4 is 20.1 Å². The molecule has 1 spiro atoms. The number of aromatic carboxylic acids is 1. The van der Waals surface area contributed by atoms with Gasteiger partial charge < -0.3 is 29.5 Å². The molecule has 2 aliphatic carbocycles. The van der Waals surface area contributed by atoms with E-state index in [0.29, 0.717) is 37.8 Å². The normalized spacial score (nSPS) is 22.9. The maximum atomic E-state index is 11.8. The van der Waals surface area contributed by atoms with E-state index < -0.39 is 21.2 Å². The molecule has 0 bridgehead atoms. The van der Waals surface area contributed by atoms with Crippen LogP contribution in [0, 0.1) is 17.8 Å². The van der Waals surface area contributed by atoms with E-state index in [1.807, 2.05) is 48.3 Å². The lowest BCUT2D eigenvalue weighted by Gasteiger charge is -2.45. The number of ether oxygens (including phenoxy) is 3. The number of piperazine rings is 1. The number of alkyl halides is 1. The fourth-order valence-electron chi connectivity index (χ4n) is 9.85. The number of benzene rings is 3. The fraction of sp³-hybridized carbons (Fsp3) is 0.538. The van der Waals surface area contributed by atoms with E-state index in [2.05, 4.69) is 63.0 Å². The van der Waals surface area contributed by atoms with Crippen molar-refractivity contribution in [1.82, 2.24) is 10.2 Å². The second kappa shape index (κ2) is 27.6. The van der Waals surface area contributed by atoms with Crippen LogP contribution in [0.3, 0.4) is 0 Å². The minimum atomic E-state index is -3.53. The number of nitrogens with two attached hydrogens (primary N) is 1. The van der Waals surface area contributed by atoms with Gasteiger partial charge in [-0.15, -0.1) is 6.58 Å². The predicted molar refractivity (Wildman–Crippen MR) is 283 cm³/mol. The lowest BCUT2D eigenvalue weighted by Crippen LogP contribution is -2.56. The zero-order valence-corrected chi connectivity index (χ0v) is 41.9. The molecule has 0 aromatic heterocycles. The molecule has 1 saturated carbocycles. The third-order valence-corrected chi connectivity index (χ3v) is 15.1. The molecule has 3 aromatic carbocycles. The molecular formula is C52H76ClIN4O8S. The van der Waals surface area contributed by atoms with Gasteiger partial charge in [-0.3, -0.25) is 9.69 Å². The Balaban J connectivity index is 0.000000317. The molecule has 15 heteroatoms. The van der Waals surface area contributed by atoms with Crippen LogP contribution in [-0.4, -0.2) is 112 Å². The van der Waals surface area contributed by atoms with E-state index in [-0.39, 0.29) is 55.7 Å². The van der Waals surface area contributed by atoms with E-state index in [4.69, 9.17) is 31.0 Å². The summed E-state index contributed by atoms with van der Waals surface area (Å²) in [4.78, 5) is 30.2. The minimum absolute atomic E-state index is 0. The molecule has 3 fully saturated rings. The van der Waals surface area contributed by atoms with Crippen LogP contribution in [0.1, 0.15) is 87.9 Å². The van der Waals surface area contributed by atoms with Gasteiger partial charge in [-0.25, -0.2) is 18.4 Å². The highest BCUT2D eigenvalue weighted by Gasteiger charge is 2.45. The molecule has 3 heterocycles. The second-order valence-electron chi connectivity index (χ2n) is 17.7. The van der Waals surface area contributed by atoms with Gasteiger partial charge in [0.1, 0.15) is 11.9 Å². The third kappa shape index (κ3) is 15.7. The second-order valence-corrected chi connectivity index (χ2v) is 19.9. The molecule has 8 rings (SSSR count). The minimum Gasteiger partial charge on any atom is -0.490 e. The summed E-state index contributed by atoms with van der Waals surface area (Å²) in [5.41, 5.74) is 4.33. The number of primary sulfonamides is 1. The largest absolute Gasteiger partial charge is 0.490 e. The number of rotatable bonds is 12. The number of hydrogen-bond acceptors (Lipinski definition) is 10. The Morgan fingerprint density at radius 2 is 1.84 bits per heavy atom. The number of carboxylic acids is 1. The number of carbonyl (C=O) groups excluding carboxylic acids is 1. The maximum Gasteiger partial charge on any atom is 0.335 e. The topological polar surface area (TPSA) is 161 Å². The van der Waals surface area contributed by atoms with Crippen molar-refractivity contribution in [3.63, 3.8) is 0 Å². The number of sulfonamides is 1. The van der Waals surface area contributed by atoms with Crippen molar-refractivity contribution in [2.45, 2.75) is 96.5 Å². The van der Waals surface area contributed by atoms with Crippen molar-refractivity contribution >= 4 is 61.8 Å². The number of esters is 1. The molecule has 3 aliphatic heterocycles. The summed E-state index contributed by atoms with van der Waals surface area (Å²) < 4.78 is 40.5. The molecule has 4 N–H and O–H groups in total. The molecule has 372 valence electrons. The van der Waals surface area contributed by atoms with Crippen LogP contribution in [0.15, 0.2) is 92.0 Å². The Labute approximate surface area is 420 Å². The van der Waals surface area contributed by atoms with Crippen LogP contribution in [0.5, 0.6) is 5.75 Å². The van der Waals surface area contributed by atoms with Gasteiger partial charge in [-0.1, -0.05) is 111 Å². The first-order valence-electron chi connectivity index (χ1n) is 22.6. The van der Waals surface area contributed by atoms with Crippen molar-refractivity contribution in [3.05, 3.63) is 119 Å². The number of halogens is 2. The molecule has 67 heavy (non-hydrogen) atoms. The highest BCUT2D eigenvalue weighted by molar-refractivity contribution is 14.1. The lowest BCUT2D eigenvalue weighted by molar-refractivity contribution is -0.149. The van der Waals surface area contributed by atoms with E-state index in [9.17, 15) is 23.1 Å². The Morgan fingerprint density at radius 1 is 1.09 bits per heavy atom. The molecule has 0 radical (unpaired) electrons. The van der Waals surface area contributed by atoms with Crippen molar-refractivity contribution in [2.75, 3.05) is 68.9 Å². The molecular weight excluding hydrogens is 1000 g/mol. The smallest absolute Gasteiger partial charge is 0.335 e. The highest BCUT2D eigenvalue weighted by atomic mass is 127. The molecule has 0 amide bonds. The maximum absolute atomic E-state index is 11.8. The van der Waals surface area contributed by atoms with Gasteiger partial charge in [-0.2, -0.15) is 0 Å². The Hall–Kier alpha value is -3.51. The molecule has 12 nitrogen and oxygen atoms in total. The van der Waals surface area contributed by atoms with Crippen molar-refractivity contribution in [2.24, 2.45) is 22.9 Å². The van der Waals surface area contributed by atoms with E-state index in [1.165, 1.54) is 24.6 Å². The fourth-order valence-corrected chi connectivity index (χ4v) is 11.2. The van der Waals surface area contributed by atoms with Crippen LogP contribution >= 0.6 is 34.2 Å². The van der Waals surface area contributed by atoms with Gasteiger partial charge >= 0.3 is 11.9 Å². The summed E-state index contributed by atoms with van der Waals surface area (Å²) in [6.07, 6.45) is 9.23. The lowest BCUT2D eigenvalue weighted by atomic mass is 9.68. The Bertz CT molecular complexity index is 2140. The number of carboxylic acid groups (broad SMARTS) is 1. The first-order chi connectivity index (χ1) is 31.2.